The third kappa shape index (κ3) is 2.89. The van der Waals surface area contributed by atoms with Gasteiger partial charge in [0.15, 0.2) is 0 Å². The van der Waals surface area contributed by atoms with Crippen LogP contribution in [0.25, 0.3) is 0 Å². The minimum atomic E-state index is -0.736. The molecule has 20 heavy (non-hydrogen) atoms. The van der Waals surface area contributed by atoms with Crippen molar-refractivity contribution < 1.29 is 14.1 Å². The molecule has 0 fully saturated rings. The molecule has 1 amide bonds. The van der Waals surface area contributed by atoms with Crippen LogP contribution < -0.4 is 5.32 Å². The third-order valence-corrected chi connectivity index (χ3v) is 2.70. The maximum atomic E-state index is 12.6. The van der Waals surface area contributed by atoms with Crippen LogP contribution in [-0.4, -0.2) is 15.8 Å². The van der Waals surface area contributed by atoms with Crippen LogP contribution in [0.5, 0.6) is 0 Å². The quantitative estimate of drug-likeness (QED) is 0.536. The van der Waals surface area contributed by atoms with Gasteiger partial charge >= 0.3 is 5.69 Å². The fourth-order valence-electron chi connectivity index (χ4n) is 1.53. The number of anilines is 1. The van der Waals surface area contributed by atoms with Crippen molar-refractivity contribution in [1.82, 2.24) is 4.98 Å². The molecular weight excluding hydrogens is 289 g/mol. The average molecular weight is 296 g/mol. The van der Waals surface area contributed by atoms with Crippen LogP contribution in [0, 0.1) is 16.1 Å². The first-order valence-electron chi connectivity index (χ1n) is 5.35. The second kappa shape index (κ2) is 5.62. The van der Waals surface area contributed by atoms with E-state index < -0.39 is 22.5 Å². The third-order valence-electron chi connectivity index (χ3n) is 2.40. The van der Waals surface area contributed by atoms with Crippen molar-refractivity contribution in [3.63, 3.8) is 0 Å². The molecule has 0 radical (unpaired) electrons. The SMILES string of the molecule is O=C(Nc1ccc(F)nc1)c1cccc(Cl)c1[N+](=O)[O-]. The molecule has 0 unspecified atom stereocenters. The Balaban J connectivity index is 2.32. The Morgan fingerprint density at radius 1 is 1.35 bits per heavy atom. The molecule has 0 aliphatic heterocycles. The number of amides is 1. The number of benzene rings is 1. The molecule has 0 aliphatic carbocycles. The molecule has 6 nitrogen and oxygen atoms in total. The van der Waals surface area contributed by atoms with Gasteiger partial charge in [-0.1, -0.05) is 17.7 Å². The van der Waals surface area contributed by atoms with E-state index in [1.54, 1.807) is 0 Å². The van der Waals surface area contributed by atoms with E-state index in [0.717, 1.165) is 12.3 Å². The van der Waals surface area contributed by atoms with Crippen LogP contribution >= 0.6 is 11.6 Å². The summed E-state index contributed by atoms with van der Waals surface area (Å²) in [6, 6.07) is 6.36. The van der Waals surface area contributed by atoms with Crippen LogP contribution in [0.3, 0.4) is 0 Å². The molecule has 0 atom stereocenters. The summed E-state index contributed by atoms with van der Waals surface area (Å²) in [4.78, 5) is 25.5. The highest BCUT2D eigenvalue weighted by atomic mass is 35.5. The molecule has 0 bridgehead atoms. The summed E-state index contributed by atoms with van der Waals surface area (Å²) in [6.07, 6.45) is 1.10. The van der Waals surface area contributed by atoms with Gasteiger partial charge in [-0.3, -0.25) is 14.9 Å². The first-order valence-corrected chi connectivity index (χ1v) is 5.72. The van der Waals surface area contributed by atoms with Gasteiger partial charge in [0.2, 0.25) is 5.95 Å². The summed E-state index contributed by atoms with van der Waals surface area (Å²) >= 11 is 5.71. The number of halogens is 2. The van der Waals surface area contributed by atoms with Gasteiger partial charge in [0.1, 0.15) is 10.6 Å². The lowest BCUT2D eigenvalue weighted by atomic mass is 10.1. The van der Waals surface area contributed by atoms with Crippen molar-refractivity contribution in [2.75, 3.05) is 5.32 Å². The van der Waals surface area contributed by atoms with Crippen molar-refractivity contribution in [2.24, 2.45) is 0 Å². The lowest BCUT2D eigenvalue weighted by Gasteiger charge is -2.06. The number of pyridine rings is 1. The van der Waals surface area contributed by atoms with Gasteiger partial charge in [0.25, 0.3) is 5.91 Å². The lowest BCUT2D eigenvalue weighted by molar-refractivity contribution is -0.385. The van der Waals surface area contributed by atoms with Crippen molar-refractivity contribution in [3.8, 4) is 0 Å². The Hall–Kier alpha value is -2.54. The molecule has 102 valence electrons. The van der Waals surface area contributed by atoms with Crippen molar-refractivity contribution in [3.05, 3.63) is 63.2 Å². The molecule has 1 heterocycles. The topological polar surface area (TPSA) is 85.1 Å². The van der Waals surface area contributed by atoms with Crippen molar-refractivity contribution in [2.45, 2.75) is 0 Å². The first kappa shape index (κ1) is 13.9. The molecule has 0 saturated carbocycles. The minimum absolute atomic E-state index is 0.139. The van der Waals surface area contributed by atoms with Crippen molar-refractivity contribution in [1.29, 1.82) is 0 Å². The largest absolute Gasteiger partial charge is 0.320 e. The highest BCUT2D eigenvalue weighted by Crippen LogP contribution is 2.28. The van der Waals surface area contributed by atoms with Crippen LogP contribution in [0.4, 0.5) is 15.8 Å². The van der Waals surface area contributed by atoms with Crippen LogP contribution in [0.15, 0.2) is 36.5 Å². The van der Waals surface area contributed by atoms with E-state index in [0.29, 0.717) is 0 Å². The molecule has 2 aromatic rings. The van der Waals surface area contributed by atoms with Gasteiger partial charge in [-0.2, -0.15) is 4.39 Å². The first-order chi connectivity index (χ1) is 9.49. The van der Waals surface area contributed by atoms with Crippen LogP contribution in [0.2, 0.25) is 5.02 Å². The summed E-state index contributed by atoms with van der Waals surface area (Å²) in [7, 11) is 0. The van der Waals surface area contributed by atoms with E-state index in [1.807, 2.05) is 0 Å². The number of hydrogen-bond acceptors (Lipinski definition) is 4. The Bertz CT molecular complexity index is 676. The Morgan fingerprint density at radius 2 is 2.10 bits per heavy atom. The number of aromatic nitrogens is 1. The highest BCUT2D eigenvalue weighted by Gasteiger charge is 2.23. The number of nitro benzene ring substituents is 1. The molecule has 0 aliphatic rings. The predicted octanol–water partition coefficient (Wildman–Crippen LogP) is 3.03. The number of hydrogen-bond donors (Lipinski definition) is 1. The zero-order valence-electron chi connectivity index (χ0n) is 9.84. The van der Waals surface area contributed by atoms with Crippen LogP contribution in [-0.2, 0) is 0 Å². The number of carbonyl (C=O) groups excluding carboxylic acids is 1. The van der Waals surface area contributed by atoms with E-state index in [1.165, 1.54) is 24.3 Å². The zero-order valence-corrected chi connectivity index (χ0v) is 10.6. The van der Waals surface area contributed by atoms with E-state index in [4.69, 9.17) is 11.6 Å². The maximum Gasteiger partial charge on any atom is 0.300 e. The normalized spacial score (nSPS) is 10.1. The number of rotatable bonds is 3. The molecule has 1 aromatic carbocycles. The fourth-order valence-corrected chi connectivity index (χ4v) is 1.78. The maximum absolute atomic E-state index is 12.6. The molecule has 0 spiro atoms. The Kier molecular flexibility index (Phi) is 3.90. The fraction of sp³-hybridized carbons (Fsp3) is 0. The van der Waals surface area contributed by atoms with Gasteiger partial charge in [-0.25, -0.2) is 4.98 Å². The summed E-state index contributed by atoms with van der Waals surface area (Å²) in [6.45, 7) is 0. The summed E-state index contributed by atoms with van der Waals surface area (Å²) in [5.74, 6) is -1.43. The van der Waals surface area contributed by atoms with Gasteiger partial charge in [-0.15, -0.1) is 0 Å². The highest BCUT2D eigenvalue weighted by molar-refractivity contribution is 6.33. The second-order valence-electron chi connectivity index (χ2n) is 3.72. The van der Waals surface area contributed by atoms with Gasteiger partial charge < -0.3 is 5.32 Å². The molecule has 8 heteroatoms. The molecule has 1 aromatic heterocycles. The van der Waals surface area contributed by atoms with E-state index in [9.17, 15) is 19.3 Å². The van der Waals surface area contributed by atoms with E-state index >= 15 is 0 Å². The van der Waals surface area contributed by atoms with Gasteiger partial charge in [0.05, 0.1) is 16.8 Å². The second-order valence-corrected chi connectivity index (χ2v) is 4.12. The van der Waals surface area contributed by atoms with E-state index in [-0.39, 0.29) is 16.3 Å². The van der Waals surface area contributed by atoms with Gasteiger partial charge in [0, 0.05) is 0 Å². The van der Waals surface area contributed by atoms with Crippen molar-refractivity contribution >= 4 is 28.9 Å². The minimum Gasteiger partial charge on any atom is -0.320 e. The number of nitrogens with one attached hydrogen (secondary N) is 1. The number of nitro groups is 1. The van der Waals surface area contributed by atoms with Gasteiger partial charge in [-0.05, 0) is 24.3 Å². The summed E-state index contributed by atoms with van der Waals surface area (Å²) in [5, 5.41) is 13.2. The zero-order chi connectivity index (χ0) is 14.7. The molecule has 0 saturated heterocycles. The Morgan fingerprint density at radius 3 is 2.70 bits per heavy atom. The van der Waals surface area contributed by atoms with Crippen LogP contribution in [0.1, 0.15) is 10.4 Å². The number of carbonyl (C=O) groups is 1. The average Bonchev–Trinajstić information content (AvgIpc) is 2.40. The Labute approximate surface area is 117 Å². The summed E-state index contributed by atoms with van der Waals surface area (Å²) < 4.78 is 12.6. The molecule has 1 N–H and O–H groups in total. The molecule has 2 rings (SSSR count). The monoisotopic (exact) mass is 295 g/mol. The lowest BCUT2D eigenvalue weighted by Crippen LogP contribution is -2.14. The predicted molar refractivity (Wildman–Crippen MR) is 70.3 cm³/mol. The van der Waals surface area contributed by atoms with E-state index in [2.05, 4.69) is 10.3 Å². The smallest absolute Gasteiger partial charge is 0.300 e. The summed E-state index contributed by atoms with van der Waals surface area (Å²) in [5.41, 5.74) is -0.459. The molecular formula is C12H7ClFN3O3. The number of para-hydroxylation sites is 1. The number of nitrogens with zero attached hydrogens (tertiary/aromatic N) is 2. The standard InChI is InChI=1S/C12H7ClFN3O3/c13-9-3-1-2-8(11(9)17(19)20)12(18)16-7-4-5-10(14)15-6-7/h1-6H,(H,16,18).